The van der Waals surface area contributed by atoms with Gasteiger partial charge in [-0.3, -0.25) is 0 Å². The van der Waals surface area contributed by atoms with Crippen LogP contribution in [0.15, 0.2) is 24.3 Å². The topological polar surface area (TPSA) is 112 Å². The lowest BCUT2D eigenvalue weighted by Gasteiger charge is -2.19. The summed E-state index contributed by atoms with van der Waals surface area (Å²) in [6.45, 7) is 4.75. The number of nitrogens with two attached hydrogens (primary N) is 2. The van der Waals surface area contributed by atoms with E-state index in [1.165, 1.54) is 0 Å². The lowest BCUT2D eigenvalue weighted by molar-refractivity contribution is 0.199. The molecule has 0 fully saturated rings. The van der Waals surface area contributed by atoms with E-state index < -0.39 is 0 Å². The zero-order chi connectivity index (χ0) is 20.8. The number of fused-ring (bicyclic) bond motifs is 3. The second-order valence-corrected chi connectivity index (χ2v) is 7.17. The predicted octanol–water partition coefficient (Wildman–Crippen LogP) is 2.93. The third-order valence-electron chi connectivity index (χ3n) is 5.08. The molecule has 2 amide bonds. The van der Waals surface area contributed by atoms with Gasteiger partial charge < -0.3 is 25.7 Å². The first-order valence-electron chi connectivity index (χ1n) is 10.1. The van der Waals surface area contributed by atoms with Crippen molar-refractivity contribution < 1.29 is 9.53 Å². The molecule has 3 aromatic rings. The fourth-order valence-electron chi connectivity index (χ4n) is 3.70. The molecule has 4 N–H and O–H groups in total. The summed E-state index contributed by atoms with van der Waals surface area (Å²) >= 11 is 0. The Morgan fingerprint density at radius 2 is 2.00 bits per heavy atom. The lowest BCUT2D eigenvalue weighted by atomic mass is 10.2. The minimum Gasteiger partial charge on any atom is -0.384 e. The number of pyridine rings is 1. The molecule has 0 aliphatic heterocycles. The van der Waals surface area contributed by atoms with Crippen LogP contribution in [0, 0.1) is 0 Å². The van der Waals surface area contributed by atoms with Gasteiger partial charge in [-0.25, -0.2) is 14.8 Å². The molecule has 0 bridgehead atoms. The molecular formula is C21H30N6O2. The van der Waals surface area contributed by atoms with E-state index in [4.69, 9.17) is 21.2 Å². The standard InChI is InChI=1S/C21H30N6O2/c1-3-11-26(21(23)28)12-6-7-13-27-17(10-14-29-2)25-18-19(27)15-8-4-5-9-16(15)24-20(18)22/h4-5,8-9H,3,6-7,10-14H2,1-2H3,(H2,22,24)(H2,23,28). The molecule has 3 rings (SSSR count). The number of ether oxygens (including phenoxy) is 1. The maximum Gasteiger partial charge on any atom is 0.314 e. The molecular weight excluding hydrogens is 368 g/mol. The van der Waals surface area contributed by atoms with Crippen LogP contribution in [0.2, 0.25) is 0 Å². The van der Waals surface area contributed by atoms with Gasteiger partial charge in [0, 0.05) is 38.6 Å². The number of amides is 2. The highest BCUT2D eigenvalue weighted by molar-refractivity contribution is 6.06. The molecule has 8 heteroatoms. The Labute approximate surface area is 170 Å². The van der Waals surface area contributed by atoms with Gasteiger partial charge in [-0.15, -0.1) is 0 Å². The number of anilines is 1. The van der Waals surface area contributed by atoms with Gasteiger partial charge >= 0.3 is 6.03 Å². The third-order valence-corrected chi connectivity index (χ3v) is 5.08. The van der Waals surface area contributed by atoms with E-state index in [0.29, 0.717) is 31.9 Å². The SMILES string of the molecule is CCCN(CCCCn1c(CCOC)nc2c(N)nc3ccccc3c21)C(N)=O. The first-order chi connectivity index (χ1) is 14.1. The quantitative estimate of drug-likeness (QED) is 0.510. The van der Waals surface area contributed by atoms with Gasteiger partial charge in [-0.1, -0.05) is 25.1 Å². The lowest BCUT2D eigenvalue weighted by Crippen LogP contribution is -2.37. The number of rotatable bonds is 10. The molecule has 29 heavy (non-hydrogen) atoms. The van der Waals surface area contributed by atoms with Crippen molar-refractivity contribution in [2.45, 2.75) is 39.2 Å². The minimum atomic E-state index is -0.356. The molecule has 156 valence electrons. The number of imidazole rings is 1. The Morgan fingerprint density at radius 1 is 1.21 bits per heavy atom. The Morgan fingerprint density at radius 3 is 2.72 bits per heavy atom. The van der Waals surface area contributed by atoms with E-state index in [-0.39, 0.29) is 6.03 Å². The van der Waals surface area contributed by atoms with Gasteiger partial charge in [-0.2, -0.15) is 0 Å². The molecule has 2 aromatic heterocycles. The molecule has 0 radical (unpaired) electrons. The molecule has 0 aliphatic carbocycles. The van der Waals surface area contributed by atoms with Crippen molar-refractivity contribution in [1.82, 2.24) is 19.4 Å². The maximum atomic E-state index is 11.5. The predicted molar refractivity (Wildman–Crippen MR) is 116 cm³/mol. The zero-order valence-electron chi connectivity index (χ0n) is 17.2. The number of urea groups is 1. The van der Waals surface area contributed by atoms with E-state index in [1.54, 1.807) is 12.0 Å². The van der Waals surface area contributed by atoms with Crippen LogP contribution in [0.5, 0.6) is 0 Å². The number of carbonyl (C=O) groups is 1. The highest BCUT2D eigenvalue weighted by Gasteiger charge is 2.17. The van der Waals surface area contributed by atoms with E-state index >= 15 is 0 Å². The van der Waals surface area contributed by atoms with Crippen LogP contribution in [0.4, 0.5) is 10.6 Å². The molecule has 8 nitrogen and oxygen atoms in total. The summed E-state index contributed by atoms with van der Waals surface area (Å²) in [7, 11) is 1.68. The average molecular weight is 399 g/mol. The summed E-state index contributed by atoms with van der Waals surface area (Å²) in [5.74, 6) is 1.38. The number of nitrogen functional groups attached to an aromatic ring is 1. The highest BCUT2D eigenvalue weighted by Crippen LogP contribution is 2.29. The molecule has 0 saturated carbocycles. The molecule has 0 atom stereocenters. The van der Waals surface area contributed by atoms with Gasteiger partial charge in [0.2, 0.25) is 0 Å². The zero-order valence-corrected chi connectivity index (χ0v) is 17.2. The maximum absolute atomic E-state index is 11.5. The summed E-state index contributed by atoms with van der Waals surface area (Å²) in [4.78, 5) is 22.5. The summed E-state index contributed by atoms with van der Waals surface area (Å²) in [6, 6.07) is 7.62. The van der Waals surface area contributed by atoms with Crippen LogP contribution < -0.4 is 11.5 Å². The smallest absolute Gasteiger partial charge is 0.314 e. The Kier molecular flexibility index (Phi) is 6.87. The van der Waals surface area contributed by atoms with E-state index in [2.05, 4.69) is 15.6 Å². The first-order valence-corrected chi connectivity index (χ1v) is 10.1. The van der Waals surface area contributed by atoms with Crippen molar-refractivity contribution >= 4 is 33.8 Å². The Balaban J connectivity index is 1.89. The van der Waals surface area contributed by atoms with Crippen LogP contribution in [0.1, 0.15) is 32.0 Å². The number of carbonyl (C=O) groups excluding carboxylic acids is 1. The molecule has 0 saturated heterocycles. The van der Waals surface area contributed by atoms with Gasteiger partial charge in [0.25, 0.3) is 0 Å². The van der Waals surface area contributed by atoms with E-state index in [1.807, 2.05) is 25.1 Å². The Hall–Kier alpha value is -2.87. The average Bonchev–Trinajstić information content (AvgIpc) is 3.08. The van der Waals surface area contributed by atoms with Gasteiger partial charge in [0.15, 0.2) is 5.82 Å². The number of benzene rings is 1. The van der Waals surface area contributed by atoms with Crippen LogP contribution in [0.25, 0.3) is 21.9 Å². The van der Waals surface area contributed by atoms with Crippen molar-refractivity contribution in [3.8, 4) is 0 Å². The van der Waals surface area contributed by atoms with Gasteiger partial charge in [-0.05, 0) is 25.3 Å². The number of para-hydroxylation sites is 1. The van der Waals surface area contributed by atoms with Crippen molar-refractivity contribution in [3.63, 3.8) is 0 Å². The van der Waals surface area contributed by atoms with Crippen LogP contribution >= 0.6 is 0 Å². The summed E-state index contributed by atoms with van der Waals surface area (Å²) < 4.78 is 7.49. The number of methoxy groups -OCH3 is 1. The van der Waals surface area contributed by atoms with Crippen LogP contribution in [-0.4, -0.2) is 52.3 Å². The second kappa shape index (κ2) is 9.56. The largest absolute Gasteiger partial charge is 0.384 e. The van der Waals surface area contributed by atoms with Crippen LogP contribution in [-0.2, 0) is 17.7 Å². The van der Waals surface area contributed by atoms with E-state index in [9.17, 15) is 4.79 Å². The fraction of sp³-hybridized carbons (Fsp3) is 0.476. The highest BCUT2D eigenvalue weighted by atomic mass is 16.5. The second-order valence-electron chi connectivity index (χ2n) is 7.17. The van der Waals surface area contributed by atoms with Crippen molar-refractivity contribution in [2.75, 3.05) is 32.5 Å². The fourth-order valence-corrected chi connectivity index (χ4v) is 3.70. The number of unbranched alkanes of at least 4 members (excludes halogenated alkanes) is 1. The third kappa shape index (κ3) is 4.59. The number of hydrogen-bond acceptors (Lipinski definition) is 5. The number of aromatic nitrogens is 3. The van der Waals surface area contributed by atoms with Gasteiger partial charge in [0.1, 0.15) is 11.3 Å². The molecule has 2 heterocycles. The van der Waals surface area contributed by atoms with Crippen molar-refractivity contribution in [3.05, 3.63) is 30.1 Å². The normalized spacial score (nSPS) is 11.4. The monoisotopic (exact) mass is 398 g/mol. The minimum absolute atomic E-state index is 0.356. The molecule has 0 spiro atoms. The van der Waals surface area contributed by atoms with Gasteiger partial charge in [0.05, 0.1) is 17.6 Å². The summed E-state index contributed by atoms with van der Waals surface area (Å²) in [5, 5.41) is 1.04. The van der Waals surface area contributed by atoms with E-state index in [0.717, 1.165) is 53.6 Å². The number of nitrogens with zero attached hydrogens (tertiary/aromatic N) is 4. The first kappa shape index (κ1) is 20.9. The summed E-state index contributed by atoms with van der Waals surface area (Å²) in [5.41, 5.74) is 14.3. The summed E-state index contributed by atoms with van der Waals surface area (Å²) in [6.07, 6.45) is 3.36. The number of hydrogen-bond donors (Lipinski definition) is 2. The molecule has 0 aliphatic rings. The van der Waals surface area contributed by atoms with Crippen molar-refractivity contribution in [2.24, 2.45) is 5.73 Å². The van der Waals surface area contributed by atoms with Crippen LogP contribution in [0.3, 0.4) is 0 Å². The molecule has 0 unspecified atom stereocenters. The Bertz CT molecular complexity index is 984. The number of primary amides is 1. The van der Waals surface area contributed by atoms with Crippen molar-refractivity contribution in [1.29, 1.82) is 0 Å². The molecule has 1 aromatic carbocycles. The number of aryl methyl sites for hydroxylation is 1.